The molecule has 0 N–H and O–H groups in total. The van der Waals surface area contributed by atoms with E-state index >= 15 is 0 Å². The molecule has 0 aliphatic heterocycles. The van der Waals surface area contributed by atoms with Gasteiger partial charge in [0.25, 0.3) is 0 Å². The van der Waals surface area contributed by atoms with Crippen molar-refractivity contribution in [2.24, 2.45) is 0 Å². The summed E-state index contributed by atoms with van der Waals surface area (Å²) < 4.78 is 7.85. The summed E-state index contributed by atoms with van der Waals surface area (Å²) in [4.78, 5) is 16.0. The van der Waals surface area contributed by atoms with Crippen LogP contribution in [0.1, 0.15) is 29.0 Å². The highest BCUT2D eigenvalue weighted by Crippen LogP contribution is 2.39. The van der Waals surface area contributed by atoms with Gasteiger partial charge in [-0.15, -0.1) is 0 Å². The minimum Gasteiger partial charge on any atom is -0.492 e. The van der Waals surface area contributed by atoms with Crippen molar-refractivity contribution in [1.82, 2.24) is 9.55 Å². The van der Waals surface area contributed by atoms with Crippen LogP contribution in [0.15, 0.2) is 60.7 Å². The minimum absolute atomic E-state index is 0.300. The minimum atomic E-state index is -0.300. The van der Waals surface area contributed by atoms with Gasteiger partial charge in [-0.25, -0.2) is 4.98 Å². The molecule has 148 valence electrons. The summed E-state index contributed by atoms with van der Waals surface area (Å²) in [6.07, 6.45) is 9.99. The lowest BCUT2D eigenvalue weighted by Crippen LogP contribution is -2.14. The van der Waals surface area contributed by atoms with Crippen molar-refractivity contribution in [2.75, 3.05) is 6.61 Å². The number of carbonyl (C=O) groups is 1. The fourth-order valence-electron chi connectivity index (χ4n) is 3.67. The quantitative estimate of drug-likeness (QED) is 0.483. The summed E-state index contributed by atoms with van der Waals surface area (Å²) in [7, 11) is 0. The highest BCUT2D eigenvalue weighted by molar-refractivity contribution is 6.37. The van der Waals surface area contributed by atoms with Crippen LogP contribution in [0, 0.1) is 0 Å². The van der Waals surface area contributed by atoms with Gasteiger partial charge in [0, 0.05) is 28.0 Å². The fraction of sp³-hybridized carbons (Fsp3) is 0.217. The lowest BCUT2D eigenvalue weighted by molar-refractivity contribution is -0.108. The van der Waals surface area contributed by atoms with E-state index in [1.54, 1.807) is 24.7 Å². The predicted molar refractivity (Wildman–Crippen MR) is 116 cm³/mol. The predicted octanol–water partition coefficient (Wildman–Crippen LogP) is 5.58. The number of carbonyl (C=O) groups excluding carboxylic acids is 1. The standard InChI is InChI=1S/C23H20Cl2N2O2/c24-22-2-1-3-23(25)20(22)13-17-5-4-16-12-18(6-7-19(16)21(17)14-28)29-11-10-27-9-8-26-15-27/h1-3,6-9,12-15,21H,4-5,10-11H2/b17-13+. The number of aromatic nitrogens is 2. The first-order valence-electron chi connectivity index (χ1n) is 9.47. The number of ether oxygens (including phenoxy) is 1. The van der Waals surface area contributed by atoms with E-state index in [-0.39, 0.29) is 5.92 Å². The highest BCUT2D eigenvalue weighted by Gasteiger charge is 2.25. The normalized spacial score (nSPS) is 17.2. The first-order chi connectivity index (χ1) is 14.2. The van der Waals surface area contributed by atoms with E-state index in [0.29, 0.717) is 16.7 Å². The summed E-state index contributed by atoms with van der Waals surface area (Å²) in [5, 5.41) is 1.17. The first kappa shape index (κ1) is 19.7. The fourth-order valence-corrected chi connectivity index (χ4v) is 4.18. The molecule has 1 aliphatic carbocycles. The van der Waals surface area contributed by atoms with Gasteiger partial charge in [-0.3, -0.25) is 0 Å². The molecule has 0 bridgehead atoms. The highest BCUT2D eigenvalue weighted by atomic mass is 35.5. The molecule has 6 heteroatoms. The third-order valence-electron chi connectivity index (χ3n) is 5.17. The number of benzene rings is 2. The lowest BCUT2D eigenvalue weighted by Gasteiger charge is -2.25. The molecule has 4 nitrogen and oxygen atoms in total. The third kappa shape index (κ3) is 4.39. The van der Waals surface area contributed by atoms with Gasteiger partial charge in [0.15, 0.2) is 0 Å². The van der Waals surface area contributed by atoms with Gasteiger partial charge >= 0.3 is 0 Å². The monoisotopic (exact) mass is 426 g/mol. The van der Waals surface area contributed by atoms with Gasteiger partial charge in [-0.1, -0.05) is 47.0 Å². The molecular formula is C23H20Cl2N2O2. The summed E-state index contributed by atoms with van der Waals surface area (Å²) in [6.45, 7) is 1.29. The van der Waals surface area contributed by atoms with Crippen molar-refractivity contribution in [3.8, 4) is 5.75 Å². The summed E-state index contributed by atoms with van der Waals surface area (Å²) in [5.41, 5.74) is 3.95. The molecule has 1 atom stereocenters. The summed E-state index contributed by atoms with van der Waals surface area (Å²) in [6, 6.07) is 11.4. The number of rotatable bonds is 6. The maximum Gasteiger partial charge on any atom is 0.131 e. The number of nitrogens with zero attached hydrogens (tertiary/aromatic N) is 2. The molecule has 0 fully saturated rings. The van der Waals surface area contributed by atoms with Gasteiger partial charge in [-0.2, -0.15) is 0 Å². The topological polar surface area (TPSA) is 44.1 Å². The Kier molecular flexibility index (Phi) is 6.02. The average molecular weight is 427 g/mol. The first-order valence-corrected chi connectivity index (χ1v) is 10.2. The van der Waals surface area contributed by atoms with Crippen LogP contribution < -0.4 is 4.74 Å². The second kappa shape index (κ2) is 8.85. The van der Waals surface area contributed by atoms with Crippen LogP contribution in [0.3, 0.4) is 0 Å². The van der Waals surface area contributed by atoms with Crippen LogP contribution in [0.25, 0.3) is 6.08 Å². The zero-order chi connectivity index (χ0) is 20.2. The van der Waals surface area contributed by atoms with Gasteiger partial charge < -0.3 is 14.1 Å². The number of aldehydes is 1. The molecule has 1 aromatic heterocycles. The Balaban J connectivity index is 1.53. The van der Waals surface area contributed by atoms with Crippen molar-refractivity contribution >= 4 is 35.6 Å². The maximum atomic E-state index is 11.9. The molecule has 0 saturated carbocycles. The van der Waals surface area contributed by atoms with Gasteiger partial charge in [-0.05, 0) is 48.2 Å². The van der Waals surface area contributed by atoms with E-state index in [2.05, 4.69) is 4.98 Å². The second-order valence-electron chi connectivity index (χ2n) is 6.98. The molecule has 0 radical (unpaired) electrons. The Hall–Kier alpha value is -2.56. The lowest BCUT2D eigenvalue weighted by atomic mass is 9.79. The van der Waals surface area contributed by atoms with E-state index in [0.717, 1.165) is 53.7 Å². The SMILES string of the molecule is O=CC1/C(=C/c2c(Cl)cccc2Cl)CCc2cc(OCCn3ccnc3)ccc21. The number of hydrogen-bond donors (Lipinski definition) is 0. The van der Waals surface area contributed by atoms with Gasteiger partial charge in [0.05, 0.1) is 18.8 Å². The van der Waals surface area contributed by atoms with Crippen molar-refractivity contribution < 1.29 is 9.53 Å². The van der Waals surface area contributed by atoms with Gasteiger partial charge in [0.1, 0.15) is 18.6 Å². The maximum absolute atomic E-state index is 11.9. The van der Waals surface area contributed by atoms with Crippen molar-refractivity contribution in [2.45, 2.75) is 25.3 Å². The number of fused-ring (bicyclic) bond motifs is 1. The molecule has 0 amide bonds. The van der Waals surface area contributed by atoms with Crippen molar-refractivity contribution in [3.05, 3.63) is 87.4 Å². The molecule has 3 aromatic rings. The molecule has 1 heterocycles. The van der Waals surface area contributed by atoms with E-state index in [4.69, 9.17) is 27.9 Å². The summed E-state index contributed by atoms with van der Waals surface area (Å²) in [5.74, 6) is 0.515. The van der Waals surface area contributed by atoms with E-state index in [1.165, 1.54) is 0 Å². The summed E-state index contributed by atoms with van der Waals surface area (Å²) >= 11 is 12.6. The molecular weight excluding hydrogens is 407 g/mol. The molecule has 1 unspecified atom stereocenters. The molecule has 0 saturated heterocycles. The van der Waals surface area contributed by atoms with Crippen molar-refractivity contribution in [1.29, 1.82) is 0 Å². The Morgan fingerprint density at radius 3 is 2.72 bits per heavy atom. The van der Waals surface area contributed by atoms with E-state index < -0.39 is 0 Å². The third-order valence-corrected chi connectivity index (χ3v) is 5.83. The largest absolute Gasteiger partial charge is 0.492 e. The van der Waals surface area contributed by atoms with Crippen LogP contribution in [-0.4, -0.2) is 22.4 Å². The number of halogens is 2. The number of aryl methyl sites for hydroxylation is 1. The van der Waals surface area contributed by atoms with Gasteiger partial charge in [0.2, 0.25) is 0 Å². The number of imidazole rings is 1. The second-order valence-corrected chi connectivity index (χ2v) is 7.79. The molecule has 29 heavy (non-hydrogen) atoms. The molecule has 2 aromatic carbocycles. The number of hydrogen-bond acceptors (Lipinski definition) is 3. The molecule has 4 rings (SSSR count). The van der Waals surface area contributed by atoms with Crippen LogP contribution in [0.2, 0.25) is 10.0 Å². The number of allylic oxidation sites excluding steroid dienone is 1. The zero-order valence-electron chi connectivity index (χ0n) is 15.7. The van der Waals surface area contributed by atoms with E-state index in [1.807, 2.05) is 41.1 Å². The van der Waals surface area contributed by atoms with Crippen LogP contribution in [0.4, 0.5) is 0 Å². The Morgan fingerprint density at radius 1 is 1.17 bits per heavy atom. The van der Waals surface area contributed by atoms with Crippen LogP contribution in [0.5, 0.6) is 5.75 Å². The van der Waals surface area contributed by atoms with Crippen LogP contribution in [-0.2, 0) is 17.8 Å². The Morgan fingerprint density at radius 2 is 2.00 bits per heavy atom. The molecule has 1 aliphatic rings. The smallest absolute Gasteiger partial charge is 0.131 e. The zero-order valence-corrected chi connectivity index (χ0v) is 17.2. The Labute approximate surface area is 179 Å². The molecule has 0 spiro atoms. The Bertz CT molecular complexity index is 1020. The van der Waals surface area contributed by atoms with Crippen molar-refractivity contribution in [3.63, 3.8) is 0 Å². The van der Waals surface area contributed by atoms with Crippen LogP contribution >= 0.6 is 23.2 Å². The van der Waals surface area contributed by atoms with E-state index in [9.17, 15) is 4.79 Å². The average Bonchev–Trinajstić information content (AvgIpc) is 3.24.